The normalized spacial score (nSPS) is 15.2. The van der Waals surface area contributed by atoms with Crippen molar-refractivity contribution >= 4 is 17.8 Å². The molecule has 0 aromatic heterocycles. The molecule has 0 saturated carbocycles. The third kappa shape index (κ3) is 6.75. The molecule has 0 radical (unpaired) electrons. The molecule has 0 bridgehead atoms. The summed E-state index contributed by atoms with van der Waals surface area (Å²) >= 11 is 0. The highest BCUT2D eigenvalue weighted by atomic mass is 16.3. The highest BCUT2D eigenvalue weighted by Crippen LogP contribution is 2.20. The predicted molar refractivity (Wildman–Crippen MR) is 109 cm³/mol. The van der Waals surface area contributed by atoms with Gasteiger partial charge in [-0.05, 0) is 49.9 Å². The average molecular weight is 390 g/mol. The van der Waals surface area contributed by atoms with Crippen LogP contribution in [0.1, 0.15) is 36.5 Å². The number of aromatic hydroxyl groups is 1. The van der Waals surface area contributed by atoms with Crippen molar-refractivity contribution in [1.29, 1.82) is 0 Å². The van der Waals surface area contributed by atoms with E-state index in [4.69, 9.17) is 0 Å². The molecule has 1 saturated heterocycles. The number of likely N-dealkylation sites (tertiary alicyclic amines) is 1. The van der Waals surface area contributed by atoms with Gasteiger partial charge in [-0.2, -0.15) is 0 Å². The minimum absolute atomic E-state index is 0.100. The predicted octanol–water partition coefficient (Wildman–Crippen LogP) is 0.936. The van der Waals surface area contributed by atoms with Gasteiger partial charge in [0.1, 0.15) is 5.75 Å². The van der Waals surface area contributed by atoms with Gasteiger partial charge >= 0.3 is 0 Å². The van der Waals surface area contributed by atoms with Gasteiger partial charge in [-0.1, -0.05) is 0 Å². The molecule has 0 unspecified atom stereocenters. The van der Waals surface area contributed by atoms with Crippen LogP contribution in [0.2, 0.25) is 0 Å². The number of piperidine rings is 1. The molecule has 4 N–H and O–H groups in total. The van der Waals surface area contributed by atoms with Crippen molar-refractivity contribution in [2.45, 2.75) is 26.2 Å². The number of rotatable bonds is 7. The molecular formula is C20H31N5O3. The van der Waals surface area contributed by atoms with Crippen LogP contribution in [0.5, 0.6) is 5.75 Å². The number of guanidine groups is 1. The molecular weight excluding hydrogens is 358 g/mol. The number of carbonyl (C=O) groups excluding carboxylic acids is 2. The van der Waals surface area contributed by atoms with Crippen LogP contribution in [0.15, 0.2) is 29.3 Å². The minimum atomic E-state index is -0.185. The molecule has 1 aromatic carbocycles. The van der Waals surface area contributed by atoms with Gasteiger partial charge in [0.25, 0.3) is 5.91 Å². The number of benzene rings is 1. The highest BCUT2D eigenvalue weighted by molar-refractivity contribution is 5.94. The van der Waals surface area contributed by atoms with Gasteiger partial charge in [-0.3, -0.25) is 14.6 Å². The first-order chi connectivity index (χ1) is 13.5. The van der Waals surface area contributed by atoms with Crippen molar-refractivity contribution in [2.24, 2.45) is 10.9 Å². The van der Waals surface area contributed by atoms with Crippen LogP contribution in [-0.4, -0.2) is 67.6 Å². The van der Waals surface area contributed by atoms with Crippen LogP contribution >= 0.6 is 0 Å². The van der Waals surface area contributed by atoms with E-state index >= 15 is 0 Å². The molecule has 0 aliphatic carbocycles. The van der Waals surface area contributed by atoms with Crippen LogP contribution < -0.4 is 16.0 Å². The van der Waals surface area contributed by atoms with Crippen LogP contribution in [-0.2, 0) is 4.79 Å². The largest absolute Gasteiger partial charge is 0.508 e. The van der Waals surface area contributed by atoms with Gasteiger partial charge in [0, 0.05) is 45.2 Å². The summed E-state index contributed by atoms with van der Waals surface area (Å²) in [5.74, 6) is 1.32. The van der Waals surface area contributed by atoms with E-state index in [1.807, 2.05) is 6.92 Å². The minimum Gasteiger partial charge on any atom is -0.508 e. The van der Waals surface area contributed by atoms with E-state index in [9.17, 15) is 14.7 Å². The van der Waals surface area contributed by atoms with E-state index in [-0.39, 0.29) is 17.6 Å². The number of phenolic OH excluding ortho intramolecular Hbond substituents is 1. The van der Waals surface area contributed by atoms with Gasteiger partial charge in [0.2, 0.25) is 5.91 Å². The van der Waals surface area contributed by atoms with Crippen molar-refractivity contribution in [1.82, 2.24) is 20.9 Å². The Hall–Kier alpha value is -2.77. The summed E-state index contributed by atoms with van der Waals surface area (Å²) in [5, 5.41) is 18.1. The first-order valence-corrected chi connectivity index (χ1v) is 9.84. The Morgan fingerprint density at radius 2 is 1.86 bits per heavy atom. The van der Waals surface area contributed by atoms with Crippen LogP contribution in [0.25, 0.3) is 0 Å². The standard InChI is InChI=1S/C20H31N5O3/c1-3-22-20(25-12-8-15(9-13-25)14-18(27)21-2)24-11-10-23-19(28)16-4-6-17(26)7-5-16/h4-7,15,26H,3,8-14H2,1-2H3,(H,21,27)(H,22,24)(H,23,28). The van der Waals surface area contributed by atoms with Gasteiger partial charge in [0.05, 0.1) is 6.54 Å². The van der Waals surface area contributed by atoms with Crippen molar-refractivity contribution in [3.63, 3.8) is 0 Å². The molecule has 8 nitrogen and oxygen atoms in total. The summed E-state index contributed by atoms with van der Waals surface area (Å²) in [6.07, 6.45) is 2.52. The van der Waals surface area contributed by atoms with Gasteiger partial charge < -0.3 is 26.0 Å². The number of aliphatic imine (C=N–C) groups is 1. The van der Waals surface area contributed by atoms with Gasteiger partial charge in [-0.25, -0.2) is 0 Å². The molecule has 1 aliphatic rings. The smallest absolute Gasteiger partial charge is 0.251 e. The fraction of sp³-hybridized carbons (Fsp3) is 0.550. The number of hydrogen-bond acceptors (Lipinski definition) is 4. The number of phenols is 1. The van der Waals surface area contributed by atoms with Gasteiger partial charge in [0.15, 0.2) is 5.96 Å². The van der Waals surface area contributed by atoms with Crippen molar-refractivity contribution in [2.75, 3.05) is 39.8 Å². The molecule has 28 heavy (non-hydrogen) atoms. The number of amides is 2. The Bertz CT molecular complexity index is 667. The van der Waals surface area contributed by atoms with E-state index < -0.39 is 0 Å². The fourth-order valence-corrected chi connectivity index (χ4v) is 3.19. The zero-order valence-electron chi connectivity index (χ0n) is 16.7. The summed E-state index contributed by atoms with van der Waals surface area (Å²) < 4.78 is 0. The highest BCUT2D eigenvalue weighted by Gasteiger charge is 2.23. The number of nitrogens with zero attached hydrogens (tertiary/aromatic N) is 2. The van der Waals surface area contributed by atoms with Crippen LogP contribution in [0, 0.1) is 5.92 Å². The third-order valence-corrected chi connectivity index (χ3v) is 4.79. The number of carbonyl (C=O) groups is 2. The van der Waals surface area contributed by atoms with E-state index in [0.717, 1.165) is 38.4 Å². The summed E-state index contributed by atoms with van der Waals surface area (Å²) in [7, 11) is 1.67. The second-order valence-corrected chi connectivity index (χ2v) is 6.85. The topological polar surface area (TPSA) is 106 Å². The molecule has 0 atom stereocenters. The molecule has 1 fully saturated rings. The zero-order valence-corrected chi connectivity index (χ0v) is 16.7. The molecule has 1 aliphatic heterocycles. The van der Waals surface area contributed by atoms with Crippen molar-refractivity contribution < 1.29 is 14.7 Å². The lowest BCUT2D eigenvalue weighted by Crippen LogP contribution is -2.46. The molecule has 2 rings (SSSR count). The van der Waals surface area contributed by atoms with E-state index in [0.29, 0.717) is 31.0 Å². The molecule has 0 spiro atoms. The monoisotopic (exact) mass is 389 g/mol. The molecule has 1 heterocycles. The maximum absolute atomic E-state index is 12.1. The second-order valence-electron chi connectivity index (χ2n) is 6.85. The second kappa shape index (κ2) is 11.2. The number of hydrogen-bond donors (Lipinski definition) is 4. The van der Waals surface area contributed by atoms with Crippen LogP contribution in [0.4, 0.5) is 0 Å². The van der Waals surface area contributed by atoms with Crippen LogP contribution in [0.3, 0.4) is 0 Å². The molecule has 1 aromatic rings. The Labute approximate surface area is 166 Å². The summed E-state index contributed by atoms with van der Waals surface area (Å²) in [5.41, 5.74) is 0.506. The Morgan fingerprint density at radius 3 is 2.46 bits per heavy atom. The maximum Gasteiger partial charge on any atom is 0.251 e. The van der Waals surface area contributed by atoms with E-state index in [1.165, 1.54) is 12.1 Å². The lowest BCUT2D eigenvalue weighted by Gasteiger charge is -2.34. The van der Waals surface area contributed by atoms with E-state index in [2.05, 4.69) is 25.8 Å². The Morgan fingerprint density at radius 1 is 1.18 bits per heavy atom. The van der Waals surface area contributed by atoms with Crippen molar-refractivity contribution in [3.8, 4) is 5.75 Å². The average Bonchev–Trinajstić information content (AvgIpc) is 2.71. The quantitative estimate of drug-likeness (QED) is 0.315. The summed E-state index contributed by atoms with van der Waals surface area (Å²) in [4.78, 5) is 30.4. The molecule has 8 heteroatoms. The maximum atomic E-state index is 12.1. The molecule has 2 amide bonds. The Balaban J connectivity index is 1.79. The number of nitrogens with one attached hydrogen (secondary N) is 3. The zero-order chi connectivity index (χ0) is 20.4. The Kier molecular flexibility index (Phi) is 8.58. The summed E-state index contributed by atoms with van der Waals surface area (Å²) in [6, 6.07) is 6.15. The lowest BCUT2D eigenvalue weighted by atomic mass is 9.93. The first kappa shape index (κ1) is 21.5. The third-order valence-electron chi connectivity index (χ3n) is 4.79. The van der Waals surface area contributed by atoms with Gasteiger partial charge in [-0.15, -0.1) is 0 Å². The molecule has 154 valence electrons. The lowest BCUT2D eigenvalue weighted by molar-refractivity contribution is -0.121. The fourth-order valence-electron chi connectivity index (χ4n) is 3.19. The first-order valence-electron chi connectivity index (χ1n) is 9.84. The SMILES string of the molecule is CCNC(=NCCNC(=O)c1ccc(O)cc1)N1CCC(CC(=O)NC)CC1. The van der Waals surface area contributed by atoms with E-state index in [1.54, 1.807) is 19.2 Å². The summed E-state index contributed by atoms with van der Waals surface area (Å²) in [6.45, 7) is 5.45. The van der Waals surface area contributed by atoms with Crippen molar-refractivity contribution in [3.05, 3.63) is 29.8 Å².